The molecule has 0 unspecified atom stereocenters. The minimum absolute atomic E-state index is 0.211. The monoisotopic (exact) mass is 277 g/mol. The lowest BCUT2D eigenvalue weighted by Crippen LogP contribution is -2.15. The summed E-state index contributed by atoms with van der Waals surface area (Å²) in [5.41, 5.74) is 2.53. The maximum absolute atomic E-state index is 12.2. The molecule has 2 N–H and O–H groups in total. The van der Waals surface area contributed by atoms with E-state index in [0.29, 0.717) is 10.7 Å². The predicted octanol–water partition coefficient (Wildman–Crippen LogP) is 2.32. The standard InChI is InChI=1S/C12H15N5OS/c1-3-6-13-10-7-8(2)4-5-9(10)11(18)14-12-15-16-17-19-12/h4-5,7,13H,3,6H2,1-2H3,(H,14,15,17,18). The fourth-order valence-corrected chi connectivity index (χ4v) is 1.97. The van der Waals surface area contributed by atoms with E-state index in [0.717, 1.165) is 35.7 Å². The molecule has 0 saturated heterocycles. The molecular formula is C12H15N5OS. The van der Waals surface area contributed by atoms with Gasteiger partial charge in [-0.1, -0.05) is 22.6 Å². The number of hydrogen-bond donors (Lipinski definition) is 2. The van der Waals surface area contributed by atoms with Gasteiger partial charge in [0.15, 0.2) is 0 Å². The van der Waals surface area contributed by atoms with Crippen molar-refractivity contribution in [2.45, 2.75) is 20.3 Å². The molecular weight excluding hydrogens is 262 g/mol. The minimum Gasteiger partial charge on any atom is -0.384 e. The SMILES string of the molecule is CCCNc1cc(C)ccc1C(=O)Nc1nnns1. The molecule has 1 aromatic carbocycles. The van der Waals surface area contributed by atoms with Gasteiger partial charge in [0.05, 0.1) is 5.56 Å². The largest absolute Gasteiger partial charge is 0.384 e. The summed E-state index contributed by atoms with van der Waals surface area (Å²) in [4.78, 5) is 12.2. The molecule has 100 valence electrons. The van der Waals surface area contributed by atoms with Crippen molar-refractivity contribution in [2.75, 3.05) is 17.2 Å². The van der Waals surface area contributed by atoms with Crippen LogP contribution in [0.3, 0.4) is 0 Å². The number of nitrogens with zero attached hydrogens (tertiary/aromatic N) is 3. The van der Waals surface area contributed by atoms with Crippen molar-refractivity contribution in [2.24, 2.45) is 0 Å². The van der Waals surface area contributed by atoms with Crippen LogP contribution in [0, 0.1) is 6.92 Å². The number of rotatable bonds is 5. The van der Waals surface area contributed by atoms with Gasteiger partial charge in [0.25, 0.3) is 5.91 Å². The zero-order valence-corrected chi connectivity index (χ0v) is 11.6. The Hall–Kier alpha value is -2.02. The van der Waals surface area contributed by atoms with Crippen LogP contribution < -0.4 is 10.6 Å². The Balaban J connectivity index is 2.20. The molecule has 19 heavy (non-hydrogen) atoms. The van der Waals surface area contributed by atoms with Crippen LogP contribution in [-0.4, -0.2) is 27.3 Å². The summed E-state index contributed by atoms with van der Waals surface area (Å²) in [5, 5.41) is 13.5. The molecule has 0 aliphatic rings. The van der Waals surface area contributed by atoms with Crippen molar-refractivity contribution in [3.05, 3.63) is 29.3 Å². The first-order valence-electron chi connectivity index (χ1n) is 6.01. The van der Waals surface area contributed by atoms with Gasteiger partial charge in [0, 0.05) is 23.8 Å². The van der Waals surface area contributed by atoms with Gasteiger partial charge in [0.1, 0.15) is 0 Å². The maximum atomic E-state index is 12.2. The number of amides is 1. The summed E-state index contributed by atoms with van der Waals surface area (Å²) in [7, 11) is 0. The molecule has 0 aliphatic heterocycles. The van der Waals surface area contributed by atoms with Gasteiger partial charge in [-0.25, -0.2) is 0 Å². The Bertz CT molecular complexity index is 555. The van der Waals surface area contributed by atoms with Gasteiger partial charge in [-0.15, -0.1) is 0 Å². The van der Waals surface area contributed by atoms with E-state index in [4.69, 9.17) is 0 Å². The fraction of sp³-hybridized carbons (Fsp3) is 0.333. The van der Waals surface area contributed by atoms with Crippen LogP contribution in [0.15, 0.2) is 18.2 Å². The molecule has 1 amide bonds. The molecule has 1 heterocycles. The molecule has 0 spiro atoms. The van der Waals surface area contributed by atoms with Crippen LogP contribution in [-0.2, 0) is 0 Å². The molecule has 2 rings (SSSR count). The summed E-state index contributed by atoms with van der Waals surface area (Å²) >= 11 is 1.05. The summed E-state index contributed by atoms with van der Waals surface area (Å²) in [6, 6.07) is 5.67. The third-order valence-electron chi connectivity index (χ3n) is 2.50. The molecule has 6 nitrogen and oxygen atoms in total. The first kappa shape index (κ1) is 13.4. The Morgan fingerprint density at radius 2 is 2.26 bits per heavy atom. The predicted molar refractivity (Wildman–Crippen MR) is 75.6 cm³/mol. The Morgan fingerprint density at radius 1 is 1.42 bits per heavy atom. The van der Waals surface area contributed by atoms with Crippen LogP contribution in [0.25, 0.3) is 0 Å². The van der Waals surface area contributed by atoms with Crippen LogP contribution >= 0.6 is 11.5 Å². The van der Waals surface area contributed by atoms with Crippen molar-refractivity contribution >= 4 is 28.3 Å². The highest BCUT2D eigenvalue weighted by Crippen LogP contribution is 2.19. The average Bonchev–Trinajstić information content (AvgIpc) is 2.89. The van der Waals surface area contributed by atoms with Crippen molar-refractivity contribution < 1.29 is 4.79 Å². The van der Waals surface area contributed by atoms with E-state index in [1.807, 2.05) is 19.1 Å². The van der Waals surface area contributed by atoms with E-state index in [1.54, 1.807) is 6.07 Å². The Morgan fingerprint density at radius 3 is 2.95 bits per heavy atom. The zero-order valence-electron chi connectivity index (χ0n) is 10.8. The number of carbonyl (C=O) groups is 1. The number of carbonyl (C=O) groups excluding carboxylic acids is 1. The van der Waals surface area contributed by atoms with Crippen molar-refractivity contribution in [1.82, 2.24) is 14.8 Å². The first-order valence-corrected chi connectivity index (χ1v) is 6.79. The zero-order chi connectivity index (χ0) is 13.7. The molecule has 0 fully saturated rings. The Kier molecular flexibility index (Phi) is 4.40. The molecule has 7 heteroatoms. The minimum atomic E-state index is -0.211. The lowest BCUT2D eigenvalue weighted by Gasteiger charge is -2.11. The molecule has 0 saturated carbocycles. The van der Waals surface area contributed by atoms with Crippen LogP contribution in [0.2, 0.25) is 0 Å². The number of aromatic nitrogens is 3. The normalized spacial score (nSPS) is 10.2. The highest BCUT2D eigenvalue weighted by atomic mass is 32.1. The van der Waals surface area contributed by atoms with E-state index in [9.17, 15) is 4.79 Å². The third kappa shape index (κ3) is 3.47. The van der Waals surface area contributed by atoms with Crippen molar-refractivity contribution in [3.8, 4) is 0 Å². The van der Waals surface area contributed by atoms with Crippen molar-refractivity contribution in [1.29, 1.82) is 0 Å². The smallest absolute Gasteiger partial charge is 0.259 e. The van der Waals surface area contributed by atoms with E-state index in [-0.39, 0.29) is 5.91 Å². The van der Waals surface area contributed by atoms with Crippen LogP contribution in [0.4, 0.5) is 10.8 Å². The molecule has 0 bridgehead atoms. The quantitative estimate of drug-likeness (QED) is 0.876. The first-order chi connectivity index (χ1) is 9.20. The molecule has 0 aliphatic carbocycles. The van der Waals surface area contributed by atoms with E-state index in [1.165, 1.54) is 0 Å². The highest BCUT2D eigenvalue weighted by Gasteiger charge is 2.13. The topological polar surface area (TPSA) is 79.8 Å². The van der Waals surface area contributed by atoms with Gasteiger partial charge in [-0.05, 0) is 36.3 Å². The second-order valence-corrected chi connectivity index (χ2v) is 4.83. The fourth-order valence-electron chi connectivity index (χ4n) is 1.61. The summed E-state index contributed by atoms with van der Waals surface area (Å²) in [6.45, 7) is 4.90. The van der Waals surface area contributed by atoms with Gasteiger partial charge in [0.2, 0.25) is 5.13 Å². The Labute approximate surface area is 115 Å². The van der Waals surface area contributed by atoms with E-state index in [2.05, 4.69) is 32.4 Å². The van der Waals surface area contributed by atoms with Gasteiger partial charge >= 0.3 is 0 Å². The summed E-state index contributed by atoms with van der Waals surface area (Å²) in [5.74, 6) is -0.211. The molecule has 1 aromatic heterocycles. The van der Waals surface area contributed by atoms with Gasteiger partial charge in [-0.2, -0.15) is 0 Å². The molecule has 0 atom stereocenters. The summed E-state index contributed by atoms with van der Waals surface area (Å²) < 4.78 is 3.61. The second-order valence-electron chi connectivity index (χ2n) is 4.10. The van der Waals surface area contributed by atoms with Crippen LogP contribution in [0.5, 0.6) is 0 Å². The lowest BCUT2D eigenvalue weighted by molar-refractivity contribution is 0.102. The van der Waals surface area contributed by atoms with E-state index >= 15 is 0 Å². The number of nitrogens with one attached hydrogen (secondary N) is 2. The van der Waals surface area contributed by atoms with Crippen LogP contribution in [0.1, 0.15) is 29.3 Å². The number of benzene rings is 1. The maximum Gasteiger partial charge on any atom is 0.259 e. The highest BCUT2D eigenvalue weighted by molar-refractivity contribution is 7.09. The van der Waals surface area contributed by atoms with Crippen molar-refractivity contribution in [3.63, 3.8) is 0 Å². The summed E-state index contributed by atoms with van der Waals surface area (Å²) in [6.07, 6.45) is 0.995. The molecule has 2 aromatic rings. The van der Waals surface area contributed by atoms with Gasteiger partial charge in [-0.3, -0.25) is 10.1 Å². The number of aryl methyl sites for hydroxylation is 1. The van der Waals surface area contributed by atoms with E-state index < -0.39 is 0 Å². The van der Waals surface area contributed by atoms with Gasteiger partial charge < -0.3 is 5.32 Å². The third-order valence-corrected chi connectivity index (χ3v) is 3.02. The lowest BCUT2D eigenvalue weighted by atomic mass is 10.1. The second kappa shape index (κ2) is 6.24. The molecule has 0 radical (unpaired) electrons. The number of anilines is 2. The average molecular weight is 277 g/mol. The number of hydrogen-bond acceptors (Lipinski definition) is 6.